The van der Waals surface area contributed by atoms with Crippen LogP contribution in [-0.2, 0) is 9.59 Å². The molecule has 1 saturated heterocycles. The summed E-state index contributed by atoms with van der Waals surface area (Å²) in [5, 5.41) is 5.33. The summed E-state index contributed by atoms with van der Waals surface area (Å²) in [7, 11) is 0. The number of hydrogen-bond acceptors (Lipinski definition) is 4. The number of nitrogens with two attached hydrogens (primary N) is 1. The third kappa shape index (κ3) is 4.46. The second-order valence-electron chi connectivity index (χ2n) is 6.24. The largest absolute Gasteiger partial charge is 0.399 e. The first kappa shape index (κ1) is 18.1. The van der Waals surface area contributed by atoms with Gasteiger partial charge >= 0.3 is 11.8 Å². The Balaban J connectivity index is 1.59. The molecule has 1 heterocycles. The second-order valence-corrected chi connectivity index (χ2v) is 6.65. The van der Waals surface area contributed by atoms with Crippen LogP contribution >= 0.6 is 11.6 Å². The van der Waals surface area contributed by atoms with Crippen LogP contribution in [0.5, 0.6) is 0 Å². The van der Waals surface area contributed by atoms with E-state index in [-0.39, 0.29) is 5.02 Å². The molecule has 0 radical (unpaired) electrons. The summed E-state index contributed by atoms with van der Waals surface area (Å²) in [5.74, 6) is -1.56. The summed E-state index contributed by atoms with van der Waals surface area (Å²) >= 11 is 6.00. The van der Waals surface area contributed by atoms with E-state index in [1.165, 1.54) is 25.3 Å². The lowest BCUT2D eigenvalue weighted by atomic mass is 10.1. The number of benzene rings is 2. The fourth-order valence-electron chi connectivity index (χ4n) is 2.91. The van der Waals surface area contributed by atoms with E-state index in [0.717, 1.165) is 18.8 Å². The molecule has 0 atom stereocenters. The van der Waals surface area contributed by atoms with Gasteiger partial charge in [0, 0.05) is 30.2 Å². The summed E-state index contributed by atoms with van der Waals surface area (Å²) < 4.78 is 0. The van der Waals surface area contributed by atoms with Crippen molar-refractivity contribution < 1.29 is 9.59 Å². The van der Waals surface area contributed by atoms with Gasteiger partial charge in [-0.25, -0.2) is 0 Å². The predicted molar refractivity (Wildman–Crippen MR) is 106 cm³/mol. The van der Waals surface area contributed by atoms with Crippen LogP contribution < -0.4 is 21.3 Å². The number of piperidine rings is 1. The molecule has 4 N–H and O–H groups in total. The maximum absolute atomic E-state index is 12.1. The fraction of sp³-hybridized carbons (Fsp3) is 0.263. The molecule has 26 heavy (non-hydrogen) atoms. The molecule has 1 aliphatic rings. The third-order valence-electron chi connectivity index (χ3n) is 4.29. The molecule has 1 aliphatic heterocycles. The van der Waals surface area contributed by atoms with Gasteiger partial charge in [0.2, 0.25) is 0 Å². The monoisotopic (exact) mass is 372 g/mol. The van der Waals surface area contributed by atoms with Gasteiger partial charge in [0.05, 0.1) is 10.7 Å². The highest BCUT2D eigenvalue weighted by molar-refractivity contribution is 6.44. The van der Waals surface area contributed by atoms with Gasteiger partial charge in [-0.15, -0.1) is 0 Å². The number of anilines is 4. The lowest BCUT2D eigenvalue weighted by Crippen LogP contribution is -2.30. The Morgan fingerprint density at radius 3 is 2.23 bits per heavy atom. The number of hydrogen-bond donors (Lipinski definition) is 3. The van der Waals surface area contributed by atoms with Gasteiger partial charge < -0.3 is 21.3 Å². The molecule has 136 valence electrons. The fourth-order valence-corrected chi connectivity index (χ4v) is 3.14. The second kappa shape index (κ2) is 8.10. The number of nitrogens with one attached hydrogen (secondary N) is 2. The highest BCUT2D eigenvalue weighted by atomic mass is 35.5. The van der Waals surface area contributed by atoms with Crippen LogP contribution in [0.3, 0.4) is 0 Å². The Morgan fingerprint density at radius 2 is 1.58 bits per heavy atom. The molecule has 0 unspecified atom stereocenters. The number of amides is 2. The lowest BCUT2D eigenvalue weighted by Gasteiger charge is -2.28. The van der Waals surface area contributed by atoms with E-state index in [1.807, 2.05) is 12.1 Å². The number of nitrogen functional groups attached to an aromatic ring is 1. The molecule has 3 rings (SSSR count). The molecule has 0 bridgehead atoms. The van der Waals surface area contributed by atoms with Gasteiger partial charge in [0.25, 0.3) is 0 Å². The van der Waals surface area contributed by atoms with Gasteiger partial charge in [-0.1, -0.05) is 11.6 Å². The Morgan fingerprint density at radius 1 is 0.923 bits per heavy atom. The van der Waals surface area contributed by atoms with Gasteiger partial charge in [-0.2, -0.15) is 0 Å². The molecule has 2 aromatic carbocycles. The van der Waals surface area contributed by atoms with Crippen LogP contribution in [0, 0.1) is 0 Å². The summed E-state index contributed by atoms with van der Waals surface area (Å²) in [6, 6.07) is 12.2. The summed E-state index contributed by atoms with van der Waals surface area (Å²) in [6.45, 7) is 2.10. The van der Waals surface area contributed by atoms with Gasteiger partial charge in [0.1, 0.15) is 0 Å². The molecular weight excluding hydrogens is 352 g/mol. The zero-order valence-electron chi connectivity index (χ0n) is 14.3. The smallest absolute Gasteiger partial charge is 0.314 e. The quantitative estimate of drug-likeness (QED) is 0.568. The minimum absolute atomic E-state index is 0.275. The minimum atomic E-state index is -0.795. The highest BCUT2D eigenvalue weighted by Crippen LogP contribution is 2.24. The van der Waals surface area contributed by atoms with E-state index < -0.39 is 11.8 Å². The van der Waals surface area contributed by atoms with Crippen molar-refractivity contribution in [2.45, 2.75) is 19.3 Å². The van der Waals surface area contributed by atoms with Crippen LogP contribution in [0.25, 0.3) is 0 Å². The van der Waals surface area contributed by atoms with Crippen LogP contribution in [-0.4, -0.2) is 24.9 Å². The summed E-state index contributed by atoms with van der Waals surface area (Å²) in [4.78, 5) is 26.5. The maximum atomic E-state index is 12.1. The molecule has 1 fully saturated rings. The first-order valence-electron chi connectivity index (χ1n) is 8.55. The topological polar surface area (TPSA) is 87.5 Å². The normalized spacial score (nSPS) is 14.0. The van der Waals surface area contributed by atoms with E-state index in [2.05, 4.69) is 15.5 Å². The van der Waals surface area contributed by atoms with Crippen molar-refractivity contribution in [1.29, 1.82) is 0 Å². The van der Waals surface area contributed by atoms with Crippen LogP contribution in [0.1, 0.15) is 19.3 Å². The molecule has 0 aliphatic carbocycles. The Kier molecular flexibility index (Phi) is 5.63. The maximum Gasteiger partial charge on any atom is 0.314 e. The summed E-state index contributed by atoms with van der Waals surface area (Å²) in [6.07, 6.45) is 3.68. The number of halogens is 1. The molecule has 0 spiro atoms. The Bertz CT molecular complexity index is 802. The van der Waals surface area contributed by atoms with Crippen LogP contribution in [0.2, 0.25) is 5.02 Å². The molecule has 2 aromatic rings. The van der Waals surface area contributed by atoms with E-state index >= 15 is 0 Å². The number of carbonyl (C=O) groups is 2. The predicted octanol–water partition coefficient (Wildman–Crippen LogP) is 3.49. The number of rotatable bonds is 3. The molecule has 2 amide bonds. The van der Waals surface area contributed by atoms with Crippen molar-refractivity contribution in [2.24, 2.45) is 0 Å². The average molecular weight is 373 g/mol. The number of nitrogens with zero attached hydrogens (tertiary/aromatic N) is 1. The van der Waals surface area contributed by atoms with Gasteiger partial charge in [0.15, 0.2) is 0 Å². The van der Waals surface area contributed by atoms with Crippen LogP contribution in [0.4, 0.5) is 22.7 Å². The average Bonchev–Trinajstić information content (AvgIpc) is 2.65. The van der Waals surface area contributed by atoms with E-state index in [9.17, 15) is 9.59 Å². The van der Waals surface area contributed by atoms with Crippen molar-refractivity contribution in [1.82, 2.24) is 0 Å². The van der Waals surface area contributed by atoms with Crippen molar-refractivity contribution in [3.05, 3.63) is 47.5 Å². The Hall–Kier alpha value is -2.73. The lowest BCUT2D eigenvalue weighted by molar-refractivity contribution is -0.132. The van der Waals surface area contributed by atoms with Gasteiger partial charge in [-0.3, -0.25) is 9.59 Å². The third-order valence-corrected chi connectivity index (χ3v) is 4.61. The molecule has 7 heteroatoms. The molecular formula is C19H21ClN4O2. The first-order valence-corrected chi connectivity index (χ1v) is 8.93. The minimum Gasteiger partial charge on any atom is -0.399 e. The first-order chi connectivity index (χ1) is 12.5. The van der Waals surface area contributed by atoms with Crippen molar-refractivity contribution in [3.63, 3.8) is 0 Å². The van der Waals surface area contributed by atoms with Gasteiger partial charge in [-0.05, 0) is 61.7 Å². The van der Waals surface area contributed by atoms with E-state index in [4.69, 9.17) is 17.3 Å². The molecule has 6 nitrogen and oxygen atoms in total. The highest BCUT2D eigenvalue weighted by Gasteiger charge is 2.16. The zero-order chi connectivity index (χ0) is 18.5. The van der Waals surface area contributed by atoms with Crippen LogP contribution in [0.15, 0.2) is 42.5 Å². The number of carbonyl (C=O) groups excluding carboxylic acids is 2. The summed E-state index contributed by atoms with van der Waals surface area (Å²) in [5.41, 5.74) is 8.11. The van der Waals surface area contributed by atoms with Crippen molar-refractivity contribution in [3.8, 4) is 0 Å². The van der Waals surface area contributed by atoms with E-state index in [1.54, 1.807) is 24.3 Å². The van der Waals surface area contributed by atoms with Crippen molar-refractivity contribution in [2.75, 3.05) is 34.4 Å². The standard InChI is InChI=1S/C19H21ClN4O2/c20-16-12-13(21)4-9-17(16)23-19(26)18(25)22-14-5-7-15(8-6-14)24-10-2-1-3-11-24/h4-9,12H,1-3,10-11,21H2,(H,22,25)(H,23,26). The Labute approximate surface area is 157 Å². The zero-order valence-corrected chi connectivity index (χ0v) is 15.1. The molecule has 0 saturated carbocycles. The SMILES string of the molecule is Nc1ccc(NC(=O)C(=O)Nc2ccc(N3CCCCC3)cc2)c(Cl)c1. The van der Waals surface area contributed by atoms with E-state index in [0.29, 0.717) is 17.1 Å². The molecule has 0 aromatic heterocycles. The van der Waals surface area contributed by atoms with Crippen molar-refractivity contribution >= 4 is 46.2 Å².